The Balaban J connectivity index is 2.97. The minimum absolute atomic E-state index is 0.174. The predicted molar refractivity (Wildman–Crippen MR) is 93.1 cm³/mol. The lowest BCUT2D eigenvalue weighted by Gasteiger charge is -2.24. The molecule has 1 rings (SSSR count). The van der Waals surface area contributed by atoms with Gasteiger partial charge in [0.05, 0.1) is 12.0 Å². The lowest BCUT2D eigenvalue weighted by molar-refractivity contribution is -0.152. The monoisotopic (exact) mass is 364 g/mol. The molecular weight excluding hydrogens is 340 g/mol. The number of carboxylic acids is 1. The molecular formula is C18H24N2O6. The Hall–Kier alpha value is -2.90. The highest BCUT2D eigenvalue weighted by Crippen LogP contribution is 2.09. The molecule has 8 nitrogen and oxygen atoms in total. The Morgan fingerprint density at radius 3 is 2.27 bits per heavy atom. The minimum Gasteiger partial charge on any atom is -0.481 e. The molecule has 0 aliphatic heterocycles. The number of carboxylic acid groups (broad SMARTS) is 1. The summed E-state index contributed by atoms with van der Waals surface area (Å²) in [7, 11) is 0. The van der Waals surface area contributed by atoms with Crippen molar-refractivity contribution in [3.63, 3.8) is 0 Å². The van der Waals surface area contributed by atoms with Crippen LogP contribution in [0.3, 0.4) is 0 Å². The maximum Gasteiger partial charge on any atom is 0.329 e. The van der Waals surface area contributed by atoms with Gasteiger partial charge in [0.2, 0.25) is 12.3 Å². The van der Waals surface area contributed by atoms with Crippen LogP contribution in [-0.4, -0.2) is 47.6 Å². The van der Waals surface area contributed by atoms with Crippen LogP contribution in [0, 0.1) is 5.92 Å². The Morgan fingerprint density at radius 1 is 1.15 bits per heavy atom. The number of amides is 2. The zero-order valence-electron chi connectivity index (χ0n) is 15.0. The Bertz CT molecular complexity index is 632. The van der Waals surface area contributed by atoms with E-state index in [1.54, 1.807) is 38.1 Å². The number of hydrogen-bond acceptors (Lipinski definition) is 5. The van der Waals surface area contributed by atoms with Gasteiger partial charge in [0.1, 0.15) is 12.1 Å². The molecule has 0 radical (unpaired) electrons. The molecule has 1 aromatic carbocycles. The van der Waals surface area contributed by atoms with Gasteiger partial charge < -0.3 is 20.5 Å². The van der Waals surface area contributed by atoms with E-state index in [4.69, 9.17) is 9.84 Å². The smallest absolute Gasteiger partial charge is 0.329 e. The van der Waals surface area contributed by atoms with Crippen molar-refractivity contribution in [2.24, 2.45) is 5.92 Å². The van der Waals surface area contributed by atoms with Crippen LogP contribution in [0.25, 0.3) is 0 Å². The van der Waals surface area contributed by atoms with E-state index in [1.165, 1.54) is 6.92 Å². The first kappa shape index (κ1) is 21.1. The number of rotatable bonds is 10. The number of benzene rings is 1. The fraction of sp³-hybridized carbons (Fsp3) is 0.444. The number of carbonyl (C=O) groups excluding carboxylic acids is 3. The van der Waals surface area contributed by atoms with Gasteiger partial charge in [-0.05, 0) is 26.3 Å². The minimum atomic E-state index is -1.31. The van der Waals surface area contributed by atoms with Gasteiger partial charge in [-0.15, -0.1) is 0 Å². The van der Waals surface area contributed by atoms with Gasteiger partial charge in [0.15, 0.2) is 0 Å². The number of esters is 1. The standard InChI is InChI=1S/C18H24N2O6/c1-11(2)26-18(25)14(9-13-7-5-4-6-8-13)20-16(22)15(19-10-21)12(3)17(23)24/h4-8,10-12,14-15H,9H2,1-3H3,(H,19,21)(H,20,22)(H,23,24)/t12?,14-,15-/m0/s1. The summed E-state index contributed by atoms with van der Waals surface area (Å²) < 4.78 is 5.17. The van der Waals surface area contributed by atoms with Crippen molar-refractivity contribution in [3.8, 4) is 0 Å². The first-order valence-electron chi connectivity index (χ1n) is 8.23. The zero-order chi connectivity index (χ0) is 19.7. The Labute approximate surface area is 151 Å². The number of carbonyl (C=O) groups is 4. The molecule has 0 fully saturated rings. The lowest BCUT2D eigenvalue weighted by atomic mass is 10.00. The molecule has 26 heavy (non-hydrogen) atoms. The van der Waals surface area contributed by atoms with E-state index < -0.39 is 35.8 Å². The molecule has 1 unspecified atom stereocenters. The van der Waals surface area contributed by atoms with Gasteiger partial charge in [-0.3, -0.25) is 14.4 Å². The quantitative estimate of drug-likeness (QED) is 0.411. The molecule has 0 aromatic heterocycles. The number of nitrogens with one attached hydrogen (secondary N) is 2. The van der Waals surface area contributed by atoms with E-state index in [2.05, 4.69) is 10.6 Å². The average Bonchev–Trinajstić information content (AvgIpc) is 2.58. The average molecular weight is 364 g/mol. The summed E-state index contributed by atoms with van der Waals surface area (Å²) in [6.07, 6.45) is 0.0509. The van der Waals surface area contributed by atoms with E-state index >= 15 is 0 Å². The first-order valence-corrected chi connectivity index (χ1v) is 8.23. The highest BCUT2D eigenvalue weighted by atomic mass is 16.5. The fourth-order valence-corrected chi connectivity index (χ4v) is 2.28. The van der Waals surface area contributed by atoms with E-state index in [1.807, 2.05) is 6.07 Å². The van der Waals surface area contributed by atoms with Gasteiger partial charge in [-0.1, -0.05) is 30.3 Å². The molecule has 0 spiro atoms. The maximum atomic E-state index is 12.5. The van der Waals surface area contributed by atoms with Crippen LogP contribution in [0.1, 0.15) is 26.3 Å². The van der Waals surface area contributed by atoms with E-state index in [9.17, 15) is 19.2 Å². The Morgan fingerprint density at radius 2 is 1.77 bits per heavy atom. The third kappa shape index (κ3) is 6.54. The molecule has 8 heteroatoms. The van der Waals surface area contributed by atoms with Crippen molar-refractivity contribution in [1.29, 1.82) is 0 Å². The van der Waals surface area contributed by atoms with Gasteiger partial charge >= 0.3 is 11.9 Å². The van der Waals surface area contributed by atoms with Gasteiger partial charge in [-0.25, -0.2) is 4.79 Å². The van der Waals surface area contributed by atoms with Crippen LogP contribution < -0.4 is 10.6 Å². The molecule has 1 aromatic rings. The van der Waals surface area contributed by atoms with Crippen molar-refractivity contribution in [3.05, 3.63) is 35.9 Å². The summed E-state index contributed by atoms with van der Waals surface area (Å²) in [6.45, 7) is 4.66. The zero-order valence-corrected chi connectivity index (χ0v) is 15.0. The summed E-state index contributed by atoms with van der Waals surface area (Å²) in [4.78, 5) is 46.7. The second kappa shape index (κ2) is 10.2. The Kier molecular flexibility index (Phi) is 8.27. The second-order valence-corrected chi connectivity index (χ2v) is 6.13. The summed E-state index contributed by atoms with van der Waals surface area (Å²) >= 11 is 0. The number of aliphatic carboxylic acids is 1. The summed E-state index contributed by atoms with van der Waals surface area (Å²) in [5, 5.41) is 13.8. The van der Waals surface area contributed by atoms with Crippen molar-refractivity contribution >= 4 is 24.3 Å². The molecule has 0 saturated carbocycles. The number of ether oxygens (including phenoxy) is 1. The molecule has 0 aliphatic carbocycles. The van der Waals surface area contributed by atoms with Crippen LogP contribution in [0.5, 0.6) is 0 Å². The van der Waals surface area contributed by atoms with Crippen LogP contribution in [-0.2, 0) is 30.3 Å². The maximum absolute atomic E-state index is 12.5. The topological polar surface area (TPSA) is 122 Å². The molecule has 142 valence electrons. The van der Waals surface area contributed by atoms with Crippen LogP contribution in [0.4, 0.5) is 0 Å². The SMILES string of the molecule is CC(C)OC(=O)[C@H](Cc1ccccc1)NC(=O)[C@@H](NC=O)C(C)C(=O)O. The highest BCUT2D eigenvalue weighted by molar-refractivity contribution is 5.92. The van der Waals surface area contributed by atoms with Crippen molar-refractivity contribution in [2.75, 3.05) is 0 Å². The molecule has 0 bridgehead atoms. The van der Waals surface area contributed by atoms with Crippen molar-refractivity contribution in [1.82, 2.24) is 10.6 Å². The largest absolute Gasteiger partial charge is 0.481 e. The predicted octanol–water partition coefficient (Wildman–Crippen LogP) is 0.501. The van der Waals surface area contributed by atoms with E-state index in [0.717, 1.165) is 5.56 Å². The highest BCUT2D eigenvalue weighted by Gasteiger charge is 2.33. The van der Waals surface area contributed by atoms with Gasteiger partial charge in [0, 0.05) is 6.42 Å². The van der Waals surface area contributed by atoms with Crippen molar-refractivity contribution < 1.29 is 29.0 Å². The van der Waals surface area contributed by atoms with E-state index in [0.29, 0.717) is 0 Å². The molecule has 3 N–H and O–H groups in total. The molecule has 2 amide bonds. The normalized spacial score (nSPS) is 14.0. The van der Waals surface area contributed by atoms with Crippen LogP contribution in [0.2, 0.25) is 0 Å². The summed E-state index contributed by atoms with van der Waals surface area (Å²) in [5.41, 5.74) is 0.796. The molecule has 0 heterocycles. The number of hydrogen-bond donors (Lipinski definition) is 3. The van der Waals surface area contributed by atoms with Crippen LogP contribution >= 0.6 is 0 Å². The second-order valence-electron chi connectivity index (χ2n) is 6.13. The third-order valence-corrected chi connectivity index (χ3v) is 3.66. The first-order chi connectivity index (χ1) is 12.3. The van der Waals surface area contributed by atoms with Crippen molar-refractivity contribution in [2.45, 2.75) is 45.4 Å². The molecule has 0 aliphatic rings. The summed E-state index contributed by atoms with van der Waals surface area (Å²) in [6, 6.07) is 6.68. The summed E-state index contributed by atoms with van der Waals surface area (Å²) in [5.74, 6) is -3.82. The lowest BCUT2D eigenvalue weighted by Crippen LogP contribution is -2.54. The third-order valence-electron chi connectivity index (χ3n) is 3.66. The molecule has 3 atom stereocenters. The van der Waals surface area contributed by atoms with Crippen LogP contribution in [0.15, 0.2) is 30.3 Å². The van der Waals surface area contributed by atoms with E-state index in [-0.39, 0.29) is 18.9 Å². The fourth-order valence-electron chi connectivity index (χ4n) is 2.28. The van der Waals surface area contributed by atoms with Gasteiger partial charge in [-0.2, -0.15) is 0 Å². The molecule has 0 saturated heterocycles. The van der Waals surface area contributed by atoms with Gasteiger partial charge in [0.25, 0.3) is 0 Å².